The normalized spacial score (nSPS) is 27.6. The molecule has 2 aliphatic rings. The Morgan fingerprint density at radius 3 is 2.70 bits per heavy atom. The minimum absolute atomic E-state index is 0.0495. The van der Waals surface area contributed by atoms with E-state index in [2.05, 4.69) is 18.2 Å². The number of rotatable bonds is 9. The van der Waals surface area contributed by atoms with Crippen LogP contribution in [0.15, 0.2) is 48.6 Å². The maximum Gasteiger partial charge on any atom is 0.303 e. The number of carboxylic acids is 1. The van der Waals surface area contributed by atoms with Gasteiger partial charge in [0.2, 0.25) is 0 Å². The molecule has 5 atom stereocenters. The zero-order valence-corrected chi connectivity index (χ0v) is 17.3. The molecule has 0 heterocycles. The van der Waals surface area contributed by atoms with Crippen LogP contribution in [0.3, 0.4) is 0 Å². The Hall–Kier alpha value is -2.24. The van der Waals surface area contributed by atoms with Crippen molar-refractivity contribution in [3.8, 4) is 0 Å². The van der Waals surface area contributed by atoms with Crippen molar-refractivity contribution >= 4 is 11.8 Å². The fourth-order valence-corrected chi connectivity index (χ4v) is 4.68. The van der Waals surface area contributed by atoms with Gasteiger partial charge in [-0.1, -0.05) is 48.6 Å². The summed E-state index contributed by atoms with van der Waals surface area (Å²) >= 11 is 0. The van der Waals surface area contributed by atoms with Crippen LogP contribution in [0, 0.1) is 17.8 Å². The smallest absolute Gasteiger partial charge is 0.303 e. The molecular formula is C25H32O5. The van der Waals surface area contributed by atoms with Crippen molar-refractivity contribution in [2.24, 2.45) is 17.8 Å². The molecule has 0 aromatic heterocycles. The molecule has 5 heteroatoms. The second-order valence-corrected chi connectivity index (χ2v) is 8.56. The summed E-state index contributed by atoms with van der Waals surface area (Å²) in [6.07, 6.45) is 10.9. The van der Waals surface area contributed by atoms with Crippen molar-refractivity contribution in [2.45, 2.75) is 63.6 Å². The second-order valence-electron chi connectivity index (χ2n) is 8.56. The predicted octanol–water partition coefficient (Wildman–Crippen LogP) is 3.48. The Morgan fingerprint density at radius 2 is 1.93 bits per heavy atom. The van der Waals surface area contributed by atoms with Crippen LogP contribution in [0.5, 0.6) is 0 Å². The molecule has 1 aromatic carbocycles. The molecule has 0 radical (unpaired) electrons. The van der Waals surface area contributed by atoms with Gasteiger partial charge in [0.1, 0.15) is 5.78 Å². The van der Waals surface area contributed by atoms with E-state index in [0.717, 1.165) is 19.3 Å². The number of hydrogen-bond donors (Lipinski definition) is 3. The first-order chi connectivity index (χ1) is 14.5. The van der Waals surface area contributed by atoms with E-state index in [-0.39, 0.29) is 36.4 Å². The average molecular weight is 413 g/mol. The summed E-state index contributed by atoms with van der Waals surface area (Å²) in [6, 6.07) is 8.35. The number of allylic oxidation sites excluding steroid dienone is 2. The van der Waals surface area contributed by atoms with Crippen LogP contribution in [0.1, 0.15) is 49.7 Å². The monoisotopic (exact) mass is 412 g/mol. The number of ketones is 1. The maximum absolute atomic E-state index is 12.3. The van der Waals surface area contributed by atoms with Gasteiger partial charge in [-0.25, -0.2) is 0 Å². The van der Waals surface area contributed by atoms with Crippen LogP contribution in [0.2, 0.25) is 0 Å². The summed E-state index contributed by atoms with van der Waals surface area (Å²) in [4.78, 5) is 22.9. The van der Waals surface area contributed by atoms with E-state index >= 15 is 0 Å². The fourth-order valence-electron chi connectivity index (χ4n) is 4.68. The van der Waals surface area contributed by atoms with Gasteiger partial charge >= 0.3 is 5.97 Å². The molecule has 162 valence electrons. The van der Waals surface area contributed by atoms with Gasteiger partial charge in [-0.05, 0) is 55.6 Å². The van der Waals surface area contributed by atoms with E-state index < -0.39 is 18.2 Å². The molecule has 0 saturated heterocycles. The highest BCUT2D eigenvalue weighted by Crippen LogP contribution is 2.34. The lowest BCUT2D eigenvalue weighted by molar-refractivity contribution is -0.137. The number of fused-ring (bicyclic) bond motifs is 1. The molecule has 3 N–H and O–H groups in total. The average Bonchev–Trinajstić information content (AvgIpc) is 3.00. The van der Waals surface area contributed by atoms with Crippen molar-refractivity contribution in [1.29, 1.82) is 0 Å². The van der Waals surface area contributed by atoms with E-state index in [1.54, 1.807) is 6.08 Å². The molecule has 5 nitrogen and oxygen atoms in total. The third kappa shape index (κ3) is 5.89. The molecular weight excluding hydrogens is 380 g/mol. The molecule has 30 heavy (non-hydrogen) atoms. The van der Waals surface area contributed by atoms with Gasteiger partial charge in [0.25, 0.3) is 0 Å². The van der Waals surface area contributed by atoms with Crippen LogP contribution < -0.4 is 0 Å². The first-order valence-electron chi connectivity index (χ1n) is 11.0. The molecule has 1 unspecified atom stereocenters. The summed E-state index contributed by atoms with van der Waals surface area (Å²) in [5.74, 6) is -1.17. The lowest BCUT2D eigenvalue weighted by atomic mass is 9.80. The number of benzene rings is 1. The highest BCUT2D eigenvalue weighted by atomic mass is 16.4. The molecule has 3 rings (SSSR count). The Bertz CT molecular complexity index is 796. The minimum atomic E-state index is -0.803. The SMILES string of the molecule is O=C(O)CCC/C=C\C[C@H]1C(=O)C[C@@H](O)C1/C=C/[C@@H](O)[C@H]1CCc2ccccc2C1. The van der Waals surface area contributed by atoms with E-state index in [9.17, 15) is 19.8 Å². The van der Waals surface area contributed by atoms with Gasteiger partial charge < -0.3 is 15.3 Å². The van der Waals surface area contributed by atoms with Gasteiger partial charge in [0, 0.05) is 24.7 Å². The van der Waals surface area contributed by atoms with Gasteiger partial charge in [0.15, 0.2) is 0 Å². The molecule has 0 spiro atoms. The number of unbranched alkanes of at least 4 members (excludes halogenated alkanes) is 1. The van der Waals surface area contributed by atoms with Gasteiger partial charge in [-0.2, -0.15) is 0 Å². The lowest BCUT2D eigenvalue weighted by Gasteiger charge is -2.27. The topological polar surface area (TPSA) is 94.8 Å². The predicted molar refractivity (Wildman–Crippen MR) is 115 cm³/mol. The Balaban J connectivity index is 1.55. The fraction of sp³-hybridized carbons (Fsp3) is 0.520. The van der Waals surface area contributed by atoms with Crippen molar-refractivity contribution in [2.75, 3.05) is 0 Å². The Kier molecular flexibility index (Phi) is 8.00. The van der Waals surface area contributed by atoms with Crippen LogP contribution in [0.4, 0.5) is 0 Å². The number of aryl methyl sites for hydroxylation is 1. The van der Waals surface area contributed by atoms with E-state index in [1.807, 2.05) is 24.3 Å². The number of Topliss-reactive ketones (excluding diaryl/α,β-unsaturated/α-hetero) is 1. The summed E-state index contributed by atoms with van der Waals surface area (Å²) < 4.78 is 0. The zero-order chi connectivity index (χ0) is 21.5. The van der Waals surface area contributed by atoms with E-state index in [4.69, 9.17) is 5.11 Å². The zero-order valence-electron chi connectivity index (χ0n) is 17.3. The van der Waals surface area contributed by atoms with Crippen LogP contribution in [-0.2, 0) is 22.4 Å². The van der Waals surface area contributed by atoms with Crippen LogP contribution >= 0.6 is 0 Å². The summed E-state index contributed by atoms with van der Waals surface area (Å²) in [5.41, 5.74) is 2.65. The molecule has 1 fully saturated rings. The van der Waals surface area contributed by atoms with Crippen LogP contribution in [-0.4, -0.2) is 39.3 Å². The minimum Gasteiger partial charge on any atom is -0.481 e. The van der Waals surface area contributed by atoms with E-state index in [1.165, 1.54) is 11.1 Å². The number of aliphatic hydroxyl groups excluding tert-OH is 2. The number of carbonyl (C=O) groups is 2. The number of carbonyl (C=O) groups excluding carboxylic acids is 1. The first-order valence-corrected chi connectivity index (χ1v) is 11.0. The number of aliphatic hydroxyl groups is 2. The van der Waals surface area contributed by atoms with Crippen molar-refractivity contribution in [3.05, 3.63) is 59.7 Å². The third-order valence-electron chi connectivity index (χ3n) is 6.45. The Morgan fingerprint density at radius 1 is 1.17 bits per heavy atom. The van der Waals surface area contributed by atoms with Gasteiger partial charge in [-0.15, -0.1) is 0 Å². The maximum atomic E-state index is 12.3. The van der Waals surface area contributed by atoms with Crippen molar-refractivity contribution in [3.63, 3.8) is 0 Å². The molecule has 0 amide bonds. The highest BCUT2D eigenvalue weighted by Gasteiger charge is 2.39. The highest BCUT2D eigenvalue weighted by molar-refractivity contribution is 5.84. The Labute approximate surface area is 178 Å². The molecule has 0 aliphatic heterocycles. The standard InChI is InChI=1S/C25H32O5/c26-22(19-12-11-17-7-5-6-8-18(17)15-19)14-13-21-20(23(27)16-24(21)28)9-3-1-2-4-10-25(29)30/h1,3,5-8,13-14,19-22,24,26,28H,2,4,9-12,15-16H2,(H,29,30)/b3-1-,14-13+/t19-,20+,21?,22+,24+/m0/s1. The van der Waals surface area contributed by atoms with Crippen molar-refractivity contribution < 1.29 is 24.9 Å². The first kappa shape index (κ1) is 22.4. The second kappa shape index (κ2) is 10.7. The quantitative estimate of drug-likeness (QED) is 0.426. The molecule has 1 aromatic rings. The van der Waals surface area contributed by atoms with Gasteiger partial charge in [-0.3, -0.25) is 9.59 Å². The molecule has 0 bridgehead atoms. The van der Waals surface area contributed by atoms with Crippen molar-refractivity contribution in [1.82, 2.24) is 0 Å². The summed E-state index contributed by atoms with van der Waals surface area (Å²) in [7, 11) is 0. The van der Waals surface area contributed by atoms with E-state index in [0.29, 0.717) is 19.3 Å². The largest absolute Gasteiger partial charge is 0.481 e. The van der Waals surface area contributed by atoms with Crippen LogP contribution in [0.25, 0.3) is 0 Å². The number of aliphatic carboxylic acids is 1. The third-order valence-corrected chi connectivity index (χ3v) is 6.45. The summed E-state index contributed by atoms with van der Waals surface area (Å²) in [6.45, 7) is 0. The number of hydrogen-bond acceptors (Lipinski definition) is 4. The molecule has 2 aliphatic carbocycles. The molecule has 1 saturated carbocycles. The number of carboxylic acid groups (broad SMARTS) is 1. The lowest BCUT2D eigenvalue weighted by Crippen LogP contribution is -2.26. The van der Waals surface area contributed by atoms with Gasteiger partial charge in [0.05, 0.1) is 12.2 Å². The summed E-state index contributed by atoms with van der Waals surface area (Å²) in [5, 5.41) is 29.7.